The third-order valence-corrected chi connectivity index (χ3v) is 1.94. The summed E-state index contributed by atoms with van der Waals surface area (Å²) < 4.78 is 0. The Labute approximate surface area is 75.2 Å². The highest BCUT2D eigenvalue weighted by molar-refractivity contribution is 5.78. The molecule has 1 nitrogen and oxygen atoms in total. The van der Waals surface area contributed by atoms with Gasteiger partial charge in [0.15, 0.2) is 0 Å². The molecular weight excluding hydrogens is 148 g/mol. The Kier molecular flexibility index (Phi) is 6.35. The highest BCUT2D eigenvalue weighted by atomic mass is 16.1. The molecule has 0 saturated carbocycles. The second kappa shape index (κ2) is 6.84. The van der Waals surface area contributed by atoms with Gasteiger partial charge in [-0.15, -0.1) is 6.58 Å². The summed E-state index contributed by atoms with van der Waals surface area (Å²) in [7, 11) is 0. The standard InChI is InChI=1S/C11H18O/c1-4-6-7-9-11(8-5-2)10(3)12/h4-6,11H,2,7-9H2,1,3H3. The lowest BCUT2D eigenvalue weighted by atomic mass is 9.95. The lowest BCUT2D eigenvalue weighted by Crippen LogP contribution is -2.09. The third kappa shape index (κ3) is 4.89. The molecule has 0 aliphatic rings. The Morgan fingerprint density at radius 2 is 2.25 bits per heavy atom. The van der Waals surface area contributed by atoms with Crippen LogP contribution < -0.4 is 0 Å². The summed E-state index contributed by atoms with van der Waals surface area (Å²) in [6, 6.07) is 0. The fourth-order valence-electron chi connectivity index (χ4n) is 1.15. The minimum Gasteiger partial charge on any atom is -0.300 e. The molecule has 0 aliphatic heterocycles. The van der Waals surface area contributed by atoms with Crippen LogP contribution >= 0.6 is 0 Å². The lowest BCUT2D eigenvalue weighted by molar-refractivity contribution is -0.120. The van der Waals surface area contributed by atoms with Crippen molar-refractivity contribution in [3.05, 3.63) is 24.8 Å². The number of hydrogen-bond acceptors (Lipinski definition) is 1. The van der Waals surface area contributed by atoms with E-state index in [1.807, 2.05) is 19.1 Å². The van der Waals surface area contributed by atoms with Crippen LogP contribution in [0, 0.1) is 5.92 Å². The summed E-state index contributed by atoms with van der Waals surface area (Å²) in [5, 5.41) is 0. The molecule has 1 heteroatoms. The van der Waals surface area contributed by atoms with Crippen molar-refractivity contribution in [2.45, 2.75) is 33.1 Å². The molecule has 0 bridgehead atoms. The Morgan fingerprint density at radius 1 is 1.58 bits per heavy atom. The van der Waals surface area contributed by atoms with Crippen LogP contribution in [-0.4, -0.2) is 5.78 Å². The summed E-state index contributed by atoms with van der Waals surface area (Å²) in [5.41, 5.74) is 0. The molecular formula is C11H18O. The Balaban J connectivity index is 3.78. The molecule has 0 aliphatic carbocycles. The van der Waals surface area contributed by atoms with Crippen LogP contribution in [0.5, 0.6) is 0 Å². The van der Waals surface area contributed by atoms with Gasteiger partial charge in [-0.1, -0.05) is 18.2 Å². The van der Waals surface area contributed by atoms with Crippen molar-refractivity contribution in [1.82, 2.24) is 0 Å². The maximum Gasteiger partial charge on any atom is 0.133 e. The van der Waals surface area contributed by atoms with E-state index in [1.165, 1.54) is 0 Å². The first kappa shape index (κ1) is 11.2. The number of allylic oxidation sites excluding steroid dienone is 3. The average molecular weight is 166 g/mol. The van der Waals surface area contributed by atoms with Crippen LogP contribution in [0.3, 0.4) is 0 Å². The van der Waals surface area contributed by atoms with E-state index in [-0.39, 0.29) is 11.7 Å². The van der Waals surface area contributed by atoms with Gasteiger partial charge < -0.3 is 0 Å². The zero-order valence-electron chi connectivity index (χ0n) is 8.05. The zero-order valence-corrected chi connectivity index (χ0v) is 8.05. The van der Waals surface area contributed by atoms with Gasteiger partial charge in [-0.2, -0.15) is 0 Å². The van der Waals surface area contributed by atoms with Crippen LogP contribution in [-0.2, 0) is 4.79 Å². The maximum absolute atomic E-state index is 11.1. The summed E-state index contributed by atoms with van der Waals surface area (Å²) in [6.07, 6.45) is 8.69. The minimum atomic E-state index is 0.179. The van der Waals surface area contributed by atoms with E-state index in [1.54, 1.807) is 6.92 Å². The van der Waals surface area contributed by atoms with Gasteiger partial charge >= 0.3 is 0 Å². The number of carbonyl (C=O) groups excluding carboxylic acids is 1. The second-order valence-electron chi connectivity index (χ2n) is 2.98. The highest BCUT2D eigenvalue weighted by Crippen LogP contribution is 2.13. The van der Waals surface area contributed by atoms with Gasteiger partial charge in [0.2, 0.25) is 0 Å². The summed E-state index contributed by atoms with van der Waals surface area (Å²) in [6.45, 7) is 7.29. The molecule has 0 radical (unpaired) electrons. The molecule has 0 aromatic rings. The van der Waals surface area contributed by atoms with Crippen molar-refractivity contribution >= 4 is 5.78 Å². The second-order valence-corrected chi connectivity index (χ2v) is 2.98. The molecule has 12 heavy (non-hydrogen) atoms. The molecule has 0 N–H and O–H groups in total. The van der Waals surface area contributed by atoms with Crippen LogP contribution in [0.15, 0.2) is 24.8 Å². The largest absolute Gasteiger partial charge is 0.300 e. The van der Waals surface area contributed by atoms with Gasteiger partial charge in [0.25, 0.3) is 0 Å². The van der Waals surface area contributed by atoms with E-state index < -0.39 is 0 Å². The fraction of sp³-hybridized carbons (Fsp3) is 0.545. The monoisotopic (exact) mass is 166 g/mol. The molecule has 1 unspecified atom stereocenters. The van der Waals surface area contributed by atoms with Crippen molar-refractivity contribution in [2.24, 2.45) is 5.92 Å². The maximum atomic E-state index is 11.1. The van der Waals surface area contributed by atoms with Crippen LogP contribution in [0.2, 0.25) is 0 Å². The third-order valence-electron chi connectivity index (χ3n) is 1.94. The molecule has 0 rings (SSSR count). The van der Waals surface area contributed by atoms with E-state index in [9.17, 15) is 4.79 Å². The van der Waals surface area contributed by atoms with Gasteiger partial charge in [-0.05, 0) is 33.1 Å². The molecule has 1 atom stereocenters. The summed E-state index contributed by atoms with van der Waals surface area (Å²) in [5.74, 6) is 0.457. The number of rotatable bonds is 6. The fourth-order valence-corrected chi connectivity index (χ4v) is 1.15. The van der Waals surface area contributed by atoms with Gasteiger partial charge in [0.05, 0.1) is 0 Å². The molecule has 0 aromatic carbocycles. The average Bonchev–Trinajstić information content (AvgIpc) is 2.03. The van der Waals surface area contributed by atoms with Crippen LogP contribution in [0.25, 0.3) is 0 Å². The molecule has 0 spiro atoms. The van der Waals surface area contributed by atoms with Gasteiger partial charge in [-0.3, -0.25) is 4.79 Å². The predicted octanol–water partition coefficient (Wildman–Crippen LogP) is 3.12. The molecule has 0 heterocycles. The number of Topliss-reactive ketones (excluding diaryl/α,β-unsaturated/α-hetero) is 1. The molecule has 0 fully saturated rings. The highest BCUT2D eigenvalue weighted by Gasteiger charge is 2.10. The van der Waals surface area contributed by atoms with E-state index in [0.717, 1.165) is 19.3 Å². The quantitative estimate of drug-likeness (QED) is 0.554. The SMILES string of the molecule is C=CCC(CCC=CC)C(C)=O. The van der Waals surface area contributed by atoms with Crippen LogP contribution in [0.1, 0.15) is 33.1 Å². The van der Waals surface area contributed by atoms with E-state index in [0.29, 0.717) is 0 Å². The predicted molar refractivity (Wildman–Crippen MR) is 53.0 cm³/mol. The van der Waals surface area contributed by atoms with E-state index >= 15 is 0 Å². The normalized spacial score (nSPS) is 13.2. The molecule has 68 valence electrons. The first-order valence-electron chi connectivity index (χ1n) is 4.44. The van der Waals surface area contributed by atoms with Gasteiger partial charge in [0, 0.05) is 5.92 Å². The smallest absolute Gasteiger partial charge is 0.133 e. The topological polar surface area (TPSA) is 17.1 Å². The first-order valence-corrected chi connectivity index (χ1v) is 4.44. The molecule has 0 amide bonds. The lowest BCUT2D eigenvalue weighted by Gasteiger charge is -2.08. The summed E-state index contributed by atoms with van der Waals surface area (Å²) >= 11 is 0. The number of ketones is 1. The van der Waals surface area contributed by atoms with Crippen molar-refractivity contribution in [3.8, 4) is 0 Å². The van der Waals surface area contributed by atoms with Crippen molar-refractivity contribution in [3.63, 3.8) is 0 Å². The molecule has 0 saturated heterocycles. The minimum absolute atomic E-state index is 0.179. The molecule has 0 aromatic heterocycles. The van der Waals surface area contributed by atoms with Crippen molar-refractivity contribution < 1.29 is 4.79 Å². The van der Waals surface area contributed by atoms with E-state index in [2.05, 4.69) is 12.7 Å². The van der Waals surface area contributed by atoms with Crippen molar-refractivity contribution in [1.29, 1.82) is 0 Å². The Morgan fingerprint density at radius 3 is 2.67 bits per heavy atom. The Hall–Kier alpha value is -0.850. The van der Waals surface area contributed by atoms with E-state index in [4.69, 9.17) is 0 Å². The number of hydrogen-bond donors (Lipinski definition) is 0. The first-order chi connectivity index (χ1) is 5.72. The zero-order chi connectivity index (χ0) is 9.40. The Bertz CT molecular complexity index is 168. The van der Waals surface area contributed by atoms with Gasteiger partial charge in [-0.25, -0.2) is 0 Å². The summed E-state index contributed by atoms with van der Waals surface area (Å²) in [4.78, 5) is 11.1. The number of carbonyl (C=O) groups is 1. The van der Waals surface area contributed by atoms with Crippen molar-refractivity contribution in [2.75, 3.05) is 0 Å². The van der Waals surface area contributed by atoms with Gasteiger partial charge in [0.1, 0.15) is 5.78 Å². The van der Waals surface area contributed by atoms with Crippen LogP contribution in [0.4, 0.5) is 0 Å².